The number of aromatic hydroxyl groups is 1. The molecule has 9 heteroatoms. The van der Waals surface area contributed by atoms with Crippen molar-refractivity contribution >= 4 is 40.0 Å². The van der Waals surface area contributed by atoms with Crippen molar-refractivity contribution < 1.29 is 23.8 Å². The molecule has 0 aliphatic rings. The fourth-order valence-electron chi connectivity index (χ4n) is 3.80. The van der Waals surface area contributed by atoms with Crippen LogP contribution in [0.1, 0.15) is 42.1 Å². The number of carbonyl (C=O) groups excluding carboxylic acids is 1. The third-order valence-corrected chi connectivity index (χ3v) is 6.17. The summed E-state index contributed by atoms with van der Waals surface area (Å²) in [6.07, 6.45) is 1.03. The Kier molecular flexibility index (Phi) is 7.40. The average molecular weight is 506 g/mol. The van der Waals surface area contributed by atoms with Gasteiger partial charge < -0.3 is 24.3 Å². The maximum absolute atomic E-state index is 12.8. The molecule has 0 fully saturated rings. The highest BCUT2D eigenvalue weighted by atomic mass is 32.1. The molecule has 4 aromatic rings. The molecule has 36 heavy (non-hydrogen) atoms. The van der Waals surface area contributed by atoms with Crippen LogP contribution in [0.5, 0.6) is 17.2 Å². The molecule has 1 aromatic heterocycles. The number of phenolic OH excluding ortho intramolecular Hbond substituents is 1. The van der Waals surface area contributed by atoms with Crippen LogP contribution in [-0.4, -0.2) is 35.3 Å². The first kappa shape index (κ1) is 25.0. The van der Waals surface area contributed by atoms with E-state index in [1.807, 2.05) is 18.2 Å². The molecule has 0 bridgehead atoms. The van der Waals surface area contributed by atoms with E-state index < -0.39 is 5.91 Å². The third-order valence-electron chi connectivity index (χ3n) is 5.96. The summed E-state index contributed by atoms with van der Waals surface area (Å²) in [6, 6.07) is 15.8. The van der Waals surface area contributed by atoms with E-state index in [1.54, 1.807) is 30.3 Å². The minimum atomic E-state index is -0.495. The summed E-state index contributed by atoms with van der Waals surface area (Å²) < 4.78 is 16.4. The number of oxazole rings is 1. The van der Waals surface area contributed by atoms with Gasteiger partial charge in [-0.05, 0) is 66.5 Å². The molecule has 0 spiro atoms. The van der Waals surface area contributed by atoms with E-state index in [2.05, 4.69) is 29.5 Å². The van der Waals surface area contributed by atoms with Gasteiger partial charge in [-0.2, -0.15) is 0 Å². The van der Waals surface area contributed by atoms with Crippen molar-refractivity contribution in [2.24, 2.45) is 0 Å². The topological polar surface area (TPSA) is 106 Å². The zero-order valence-corrected chi connectivity index (χ0v) is 21.2. The van der Waals surface area contributed by atoms with Gasteiger partial charge in [0.05, 0.1) is 19.8 Å². The lowest BCUT2D eigenvalue weighted by Gasteiger charge is -2.14. The average Bonchev–Trinajstić information content (AvgIpc) is 3.30. The van der Waals surface area contributed by atoms with Crippen molar-refractivity contribution in [2.75, 3.05) is 19.5 Å². The maximum Gasteiger partial charge on any atom is 0.264 e. The second-order valence-corrected chi connectivity index (χ2v) is 8.64. The Morgan fingerprint density at radius 3 is 2.47 bits per heavy atom. The highest BCUT2D eigenvalue weighted by molar-refractivity contribution is 7.80. The number of carbonyl (C=O) groups is 1. The van der Waals surface area contributed by atoms with Crippen LogP contribution in [0.3, 0.4) is 0 Å². The van der Waals surface area contributed by atoms with Gasteiger partial charge in [0.15, 0.2) is 10.7 Å². The van der Waals surface area contributed by atoms with E-state index in [-0.39, 0.29) is 16.4 Å². The van der Waals surface area contributed by atoms with Crippen LogP contribution in [0.15, 0.2) is 59.0 Å². The van der Waals surface area contributed by atoms with Crippen LogP contribution in [0.2, 0.25) is 0 Å². The summed E-state index contributed by atoms with van der Waals surface area (Å²) in [5, 5.41) is 16.2. The summed E-state index contributed by atoms with van der Waals surface area (Å²) in [6.45, 7) is 4.31. The van der Waals surface area contributed by atoms with Crippen LogP contribution >= 0.6 is 12.2 Å². The predicted molar refractivity (Wildman–Crippen MR) is 143 cm³/mol. The molecule has 0 saturated carbocycles. The number of nitrogens with zero attached hydrogens (tertiary/aromatic N) is 1. The Bertz CT molecular complexity index is 1410. The predicted octanol–water partition coefficient (Wildman–Crippen LogP) is 5.86. The van der Waals surface area contributed by atoms with Gasteiger partial charge in [0.25, 0.3) is 5.91 Å². The molecular formula is C27H27N3O5S. The number of ether oxygens (including phenoxy) is 2. The molecule has 0 aliphatic carbocycles. The Morgan fingerprint density at radius 1 is 1.11 bits per heavy atom. The molecule has 3 N–H and O–H groups in total. The smallest absolute Gasteiger partial charge is 0.264 e. The number of hydrogen-bond acceptors (Lipinski definition) is 7. The SMILES string of the molecule is CCC(C)c1ccc2oc(-c3ccc(NC(=S)NC(=O)c4c(OC)cccc4OC)cc3O)nc2c1. The number of aromatic nitrogens is 1. The van der Waals surface area contributed by atoms with Gasteiger partial charge in [-0.25, -0.2) is 4.98 Å². The zero-order chi connectivity index (χ0) is 25.8. The van der Waals surface area contributed by atoms with Gasteiger partial charge in [0, 0.05) is 11.8 Å². The summed E-state index contributed by atoms with van der Waals surface area (Å²) in [5.41, 5.74) is 3.71. The van der Waals surface area contributed by atoms with Gasteiger partial charge in [-0.3, -0.25) is 10.1 Å². The lowest BCUT2D eigenvalue weighted by atomic mass is 9.98. The number of amides is 1. The molecule has 1 heterocycles. The fraction of sp³-hybridized carbons (Fsp3) is 0.222. The van der Waals surface area contributed by atoms with E-state index in [9.17, 15) is 9.90 Å². The van der Waals surface area contributed by atoms with Crippen molar-refractivity contribution in [2.45, 2.75) is 26.2 Å². The van der Waals surface area contributed by atoms with Crippen LogP contribution in [0.25, 0.3) is 22.6 Å². The fourth-order valence-corrected chi connectivity index (χ4v) is 4.01. The van der Waals surface area contributed by atoms with Gasteiger partial charge in [-0.1, -0.05) is 26.0 Å². The summed E-state index contributed by atoms with van der Waals surface area (Å²) in [7, 11) is 2.93. The van der Waals surface area contributed by atoms with Crippen LogP contribution in [0, 0.1) is 0 Å². The first-order valence-electron chi connectivity index (χ1n) is 11.4. The number of benzene rings is 3. The highest BCUT2D eigenvalue weighted by Crippen LogP contribution is 2.34. The third kappa shape index (κ3) is 5.11. The Balaban J connectivity index is 1.50. The summed E-state index contributed by atoms with van der Waals surface area (Å²) in [5.74, 6) is 0.897. The molecule has 186 valence electrons. The van der Waals surface area contributed by atoms with Crippen LogP contribution in [-0.2, 0) is 0 Å². The maximum atomic E-state index is 12.8. The van der Waals surface area contributed by atoms with Crippen molar-refractivity contribution in [1.29, 1.82) is 0 Å². The minimum Gasteiger partial charge on any atom is -0.507 e. The van der Waals surface area contributed by atoms with Crippen LogP contribution in [0.4, 0.5) is 5.69 Å². The quantitative estimate of drug-likeness (QED) is 0.268. The number of hydrogen-bond donors (Lipinski definition) is 3. The van der Waals surface area contributed by atoms with Crippen molar-refractivity contribution in [3.05, 3.63) is 65.7 Å². The molecule has 1 unspecified atom stereocenters. The van der Waals surface area contributed by atoms with E-state index >= 15 is 0 Å². The van der Waals surface area contributed by atoms with E-state index in [0.717, 1.165) is 11.9 Å². The van der Waals surface area contributed by atoms with Crippen molar-refractivity contribution in [3.63, 3.8) is 0 Å². The Hall–Kier alpha value is -4.11. The first-order chi connectivity index (χ1) is 17.3. The zero-order valence-electron chi connectivity index (χ0n) is 20.4. The molecule has 3 aromatic carbocycles. The highest BCUT2D eigenvalue weighted by Gasteiger charge is 2.20. The molecule has 1 amide bonds. The largest absolute Gasteiger partial charge is 0.507 e. The van der Waals surface area contributed by atoms with Gasteiger partial charge in [0.1, 0.15) is 28.3 Å². The number of rotatable bonds is 7. The van der Waals surface area contributed by atoms with Crippen molar-refractivity contribution in [3.8, 4) is 28.7 Å². The van der Waals surface area contributed by atoms with Crippen LogP contribution < -0.4 is 20.1 Å². The van der Waals surface area contributed by atoms with E-state index in [1.165, 1.54) is 25.8 Å². The molecule has 0 saturated heterocycles. The molecule has 0 radical (unpaired) electrons. The lowest BCUT2D eigenvalue weighted by molar-refractivity contribution is 0.0971. The molecular weight excluding hydrogens is 478 g/mol. The van der Waals surface area contributed by atoms with Crippen molar-refractivity contribution in [1.82, 2.24) is 10.3 Å². The molecule has 0 aliphatic heterocycles. The molecule has 4 rings (SSSR count). The van der Waals surface area contributed by atoms with E-state index in [4.69, 9.17) is 26.1 Å². The number of nitrogens with one attached hydrogen (secondary N) is 2. The Labute approximate surface area is 214 Å². The van der Waals surface area contributed by atoms with Gasteiger partial charge in [0.2, 0.25) is 5.89 Å². The standard InChI is InChI=1S/C27H27N3O5S/c1-5-15(2)16-9-12-21-19(13-16)29-26(35-21)18-11-10-17(14-20(18)31)28-27(36)30-25(32)24-22(33-3)7-6-8-23(24)34-4/h6-15,31H,5H2,1-4H3,(H2,28,30,32,36). The van der Waals surface area contributed by atoms with Gasteiger partial charge in [-0.15, -0.1) is 0 Å². The second-order valence-electron chi connectivity index (χ2n) is 8.23. The van der Waals surface area contributed by atoms with E-state index in [0.29, 0.717) is 40.1 Å². The monoisotopic (exact) mass is 505 g/mol. The summed E-state index contributed by atoms with van der Waals surface area (Å²) >= 11 is 5.29. The number of methoxy groups -OCH3 is 2. The Morgan fingerprint density at radius 2 is 1.83 bits per heavy atom. The number of anilines is 1. The number of phenols is 1. The molecule has 8 nitrogen and oxygen atoms in total. The normalized spacial score (nSPS) is 11.7. The molecule has 1 atom stereocenters. The number of fused-ring (bicyclic) bond motifs is 1. The lowest BCUT2D eigenvalue weighted by Crippen LogP contribution is -2.34. The van der Waals surface area contributed by atoms with Gasteiger partial charge >= 0.3 is 0 Å². The first-order valence-corrected chi connectivity index (χ1v) is 11.8. The summed E-state index contributed by atoms with van der Waals surface area (Å²) in [4.78, 5) is 17.4. The number of thiocarbonyl (C=S) groups is 1. The second kappa shape index (κ2) is 10.7. The minimum absolute atomic E-state index is 0.0412.